The van der Waals surface area contributed by atoms with E-state index in [0.29, 0.717) is 6.42 Å². The predicted octanol–water partition coefficient (Wildman–Crippen LogP) is 1.55. The highest BCUT2D eigenvalue weighted by molar-refractivity contribution is 5.87. The number of carbonyl (C=O) groups excluding carboxylic acids is 2. The largest absolute Gasteiger partial charge is 0.344 e. The van der Waals surface area contributed by atoms with Crippen LogP contribution in [0.2, 0.25) is 0 Å². The van der Waals surface area contributed by atoms with Crippen LogP contribution in [0.4, 0.5) is 0 Å². The molecule has 2 amide bonds. The van der Waals surface area contributed by atoms with Crippen LogP contribution >= 0.6 is 0 Å². The zero-order chi connectivity index (χ0) is 12.8. The van der Waals surface area contributed by atoms with Gasteiger partial charge in [0.15, 0.2) is 0 Å². The highest BCUT2D eigenvalue weighted by Gasteiger charge is 2.28. The second-order valence-electron chi connectivity index (χ2n) is 5.03. The van der Waals surface area contributed by atoms with Crippen LogP contribution in [-0.2, 0) is 9.59 Å². The van der Waals surface area contributed by atoms with Crippen molar-refractivity contribution in [2.45, 2.75) is 52.5 Å². The van der Waals surface area contributed by atoms with Gasteiger partial charge in [0, 0.05) is 19.5 Å². The van der Waals surface area contributed by atoms with Crippen LogP contribution in [0, 0.1) is 5.92 Å². The molecular formula is C13H24N2O2. The molecule has 0 aromatic carbocycles. The van der Waals surface area contributed by atoms with Crippen molar-refractivity contribution in [2.24, 2.45) is 5.92 Å². The highest BCUT2D eigenvalue weighted by atomic mass is 16.2. The smallest absolute Gasteiger partial charge is 0.245 e. The molecule has 17 heavy (non-hydrogen) atoms. The summed E-state index contributed by atoms with van der Waals surface area (Å²) in [5.74, 6) is 0.176. The minimum Gasteiger partial charge on any atom is -0.344 e. The number of carbonyl (C=O) groups is 2. The number of nitrogens with zero attached hydrogens (tertiary/aromatic N) is 1. The van der Waals surface area contributed by atoms with E-state index in [1.54, 1.807) is 6.92 Å². The molecular weight excluding hydrogens is 216 g/mol. The van der Waals surface area contributed by atoms with E-state index in [-0.39, 0.29) is 23.8 Å². The van der Waals surface area contributed by atoms with Gasteiger partial charge in [-0.1, -0.05) is 20.8 Å². The van der Waals surface area contributed by atoms with Gasteiger partial charge in [-0.2, -0.15) is 0 Å². The molecule has 0 unspecified atom stereocenters. The molecule has 0 spiro atoms. The number of hydrogen-bond donors (Lipinski definition) is 1. The lowest BCUT2D eigenvalue weighted by Gasteiger charge is -2.32. The third kappa shape index (κ3) is 4.02. The quantitative estimate of drug-likeness (QED) is 0.810. The Morgan fingerprint density at radius 3 is 2.24 bits per heavy atom. The summed E-state index contributed by atoms with van der Waals surface area (Å²) in [5.41, 5.74) is 0. The number of hydrogen-bond acceptors (Lipinski definition) is 2. The molecule has 0 radical (unpaired) electrons. The molecule has 4 heteroatoms. The van der Waals surface area contributed by atoms with Crippen LogP contribution in [0.3, 0.4) is 0 Å². The van der Waals surface area contributed by atoms with E-state index in [1.807, 2.05) is 18.7 Å². The highest BCUT2D eigenvalue weighted by Crippen LogP contribution is 2.13. The Morgan fingerprint density at radius 1 is 1.18 bits per heavy atom. The maximum atomic E-state index is 12.3. The van der Waals surface area contributed by atoms with Gasteiger partial charge in [0.05, 0.1) is 0 Å². The molecule has 0 aliphatic carbocycles. The monoisotopic (exact) mass is 240 g/mol. The number of likely N-dealkylation sites (tertiary alicyclic amines) is 1. The molecule has 1 heterocycles. The lowest BCUT2D eigenvalue weighted by Crippen LogP contribution is -2.52. The predicted molar refractivity (Wildman–Crippen MR) is 67.5 cm³/mol. The van der Waals surface area contributed by atoms with Crippen LogP contribution in [0.1, 0.15) is 46.5 Å². The topological polar surface area (TPSA) is 49.4 Å². The minimum absolute atomic E-state index is 0.0472. The summed E-state index contributed by atoms with van der Waals surface area (Å²) < 4.78 is 0. The molecule has 1 rings (SSSR count). The first kappa shape index (κ1) is 14.0. The van der Waals surface area contributed by atoms with E-state index in [2.05, 4.69) is 5.32 Å². The summed E-state index contributed by atoms with van der Waals surface area (Å²) in [7, 11) is 0. The Morgan fingerprint density at radius 2 is 1.76 bits per heavy atom. The number of amides is 2. The molecule has 1 atom stereocenters. The van der Waals surface area contributed by atoms with Crippen molar-refractivity contribution in [2.75, 3.05) is 13.1 Å². The molecule has 98 valence electrons. The molecule has 0 bridgehead atoms. The van der Waals surface area contributed by atoms with Gasteiger partial charge in [-0.3, -0.25) is 9.59 Å². The van der Waals surface area contributed by atoms with E-state index < -0.39 is 0 Å². The van der Waals surface area contributed by atoms with Crippen LogP contribution in [0.5, 0.6) is 0 Å². The van der Waals surface area contributed by atoms with Crippen LogP contribution in [-0.4, -0.2) is 35.8 Å². The SMILES string of the molecule is CCC(=O)N[C@@H](C(=O)N1CCCCC1)C(C)C. The summed E-state index contributed by atoms with van der Waals surface area (Å²) in [6, 6.07) is -0.361. The summed E-state index contributed by atoms with van der Waals surface area (Å²) >= 11 is 0. The second kappa shape index (κ2) is 6.62. The van der Waals surface area contributed by atoms with E-state index >= 15 is 0 Å². The van der Waals surface area contributed by atoms with Crippen molar-refractivity contribution in [3.05, 3.63) is 0 Å². The van der Waals surface area contributed by atoms with Crippen molar-refractivity contribution in [3.63, 3.8) is 0 Å². The van der Waals surface area contributed by atoms with E-state index in [0.717, 1.165) is 25.9 Å². The van der Waals surface area contributed by atoms with Crippen molar-refractivity contribution < 1.29 is 9.59 Å². The molecule has 1 fully saturated rings. The fraction of sp³-hybridized carbons (Fsp3) is 0.846. The van der Waals surface area contributed by atoms with Gasteiger partial charge in [0.25, 0.3) is 0 Å². The zero-order valence-electron chi connectivity index (χ0n) is 11.2. The molecule has 1 N–H and O–H groups in total. The lowest BCUT2D eigenvalue weighted by molar-refractivity contribution is -0.138. The van der Waals surface area contributed by atoms with Gasteiger partial charge in [0.2, 0.25) is 11.8 Å². The van der Waals surface area contributed by atoms with Crippen molar-refractivity contribution in [3.8, 4) is 0 Å². The maximum Gasteiger partial charge on any atom is 0.245 e. The fourth-order valence-electron chi connectivity index (χ4n) is 2.10. The van der Waals surface area contributed by atoms with Gasteiger partial charge in [-0.05, 0) is 25.2 Å². The number of nitrogens with one attached hydrogen (secondary N) is 1. The van der Waals surface area contributed by atoms with E-state index in [1.165, 1.54) is 6.42 Å². The third-order valence-electron chi connectivity index (χ3n) is 3.24. The first-order valence-electron chi connectivity index (χ1n) is 6.64. The number of piperidine rings is 1. The maximum absolute atomic E-state index is 12.3. The molecule has 0 saturated carbocycles. The fourth-order valence-corrected chi connectivity index (χ4v) is 2.10. The number of rotatable bonds is 4. The Kier molecular flexibility index (Phi) is 5.45. The molecule has 1 aliphatic heterocycles. The Hall–Kier alpha value is -1.06. The molecule has 1 aliphatic rings. The van der Waals surface area contributed by atoms with Crippen LogP contribution in [0.15, 0.2) is 0 Å². The van der Waals surface area contributed by atoms with Crippen molar-refractivity contribution in [1.82, 2.24) is 10.2 Å². The Labute approximate surface area is 104 Å². The average Bonchev–Trinajstić information content (AvgIpc) is 2.35. The van der Waals surface area contributed by atoms with Gasteiger partial charge < -0.3 is 10.2 Å². The Balaban J connectivity index is 2.62. The average molecular weight is 240 g/mol. The van der Waals surface area contributed by atoms with Crippen molar-refractivity contribution in [1.29, 1.82) is 0 Å². The zero-order valence-corrected chi connectivity index (χ0v) is 11.2. The normalized spacial score (nSPS) is 18.0. The third-order valence-corrected chi connectivity index (χ3v) is 3.24. The lowest BCUT2D eigenvalue weighted by atomic mass is 10.0. The van der Waals surface area contributed by atoms with E-state index in [4.69, 9.17) is 0 Å². The first-order chi connectivity index (χ1) is 8.06. The second-order valence-corrected chi connectivity index (χ2v) is 5.03. The summed E-state index contributed by atoms with van der Waals surface area (Å²) in [6.07, 6.45) is 3.80. The van der Waals surface area contributed by atoms with Gasteiger partial charge in [-0.25, -0.2) is 0 Å². The van der Waals surface area contributed by atoms with Crippen LogP contribution in [0.25, 0.3) is 0 Å². The molecule has 0 aromatic heterocycles. The van der Waals surface area contributed by atoms with Gasteiger partial charge in [0.1, 0.15) is 6.04 Å². The Bertz CT molecular complexity index is 271. The first-order valence-corrected chi connectivity index (χ1v) is 6.64. The summed E-state index contributed by atoms with van der Waals surface area (Å²) in [6.45, 7) is 7.43. The van der Waals surface area contributed by atoms with Crippen molar-refractivity contribution >= 4 is 11.8 Å². The summed E-state index contributed by atoms with van der Waals surface area (Å²) in [4.78, 5) is 25.6. The molecule has 4 nitrogen and oxygen atoms in total. The van der Waals surface area contributed by atoms with E-state index in [9.17, 15) is 9.59 Å². The van der Waals surface area contributed by atoms with Crippen LogP contribution < -0.4 is 5.32 Å². The molecule has 1 saturated heterocycles. The van der Waals surface area contributed by atoms with Gasteiger partial charge in [-0.15, -0.1) is 0 Å². The standard InChI is InChI=1S/C13H24N2O2/c1-4-11(16)14-12(10(2)3)13(17)15-8-6-5-7-9-15/h10,12H,4-9H2,1-3H3,(H,14,16)/t12-/m1/s1. The summed E-state index contributed by atoms with van der Waals surface area (Å²) in [5, 5.41) is 2.83. The minimum atomic E-state index is -0.361. The van der Waals surface area contributed by atoms with Gasteiger partial charge >= 0.3 is 0 Å². The molecule has 0 aromatic rings.